The Balaban J connectivity index is 1.56. The molecule has 8 nitrogen and oxygen atoms in total. The fourth-order valence-corrected chi connectivity index (χ4v) is 6.34. The van der Waals surface area contributed by atoms with Gasteiger partial charge in [-0.25, -0.2) is 8.42 Å². The molecule has 33 heavy (non-hydrogen) atoms. The van der Waals surface area contributed by atoms with E-state index in [1.54, 1.807) is 15.8 Å². The van der Waals surface area contributed by atoms with E-state index in [4.69, 9.17) is 11.6 Å². The van der Waals surface area contributed by atoms with Crippen molar-refractivity contribution in [2.75, 3.05) is 44.2 Å². The standard InChI is InChI=1S/C23H32ClN5O3S/c1-4-28-16-20(23(30)27-9-5-6-17(2)15-27)22(25-28)33(31,32)29-12-10-26(11-13-29)21-14-19(24)8-7-18(21)3/h7-8,14,16-17H,4-6,9-13,15H2,1-3H3/t17-/m0/s1. The molecule has 0 radical (unpaired) electrons. The van der Waals surface area contributed by atoms with Crippen LogP contribution >= 0.6 is 11.6 Å². The first-order valence-corrected chi connectivity index (χ1v) is 13.4. The lowest BCUT2D eigenvalue weighted by Crippen LogP contribution is -2.49. The zero-order valence-electron chi connectivity index (χ0n) is 19.5. The van der Waals surface area contributed by atoms with Crippen LogP contribution < -0.4 is 4.90 Å². The highest BCUT2D eigenvalue weighted by atomic mass is 35.5. The van der Waals surface area contributed by atoms with E-state index in [1.165, 1.54) is 4.31 Å². The van der Waals surface area contributed by atoms with Crippen LogP contribution in [0.15, 0.2) is 29.4 Å². The molecule has 1 atom stereocenters. The van der Waals surface area contributed by atoms with Gasteiger partial charge in [0.05, 0.1) is 5.56 Å². The molecule has 1 aromatic carbocycles. The Morgan fingerprint density at radius 2 is 1.91 bits per heavy atom. The van der Waals surface area contributed by atoms with Crippen molar-refractivity contribution in [3.05, 3.63) is 40.5 Å². The number of likely N-dealkylation sites (tertiary alicyclic amines) is 1. The SMILES string of the molecule is CCn1cc(C(=O)N2CCC[C@H](C)C2)c(S(=O)(=O)N2CCN(c3cc(Cl)ccc3C)CC2)n1. The summed E-state index contributed by atoms with van der Waals surface area (Å²) < 4.78 is 30.2. The van der Waals surface area contributed by atoms with E-state index >= 15 is 0 Å². The zero-order chi connectivity index (χ0) is 23.8. The average Bonchev–Trinajstić information content (AvgIpc) is 3.26. The summed E-state index contributed by atoms with van der Waals surface area (Å²) >= 11 is 6.17. The molecular weight excluding hydrogens is 462 g/mol. The molecular formula is C23H32ClN5O3S. The van der Waals surface area contributed by atoms with Gasteiger partial charge in [0.25, 0.3) is 15.9 Å². The number of benzene rings is 1. The quantitative estimate of drug-likeness (QED) is 0.638. The van der Waals surface area contributed by atoms with Crippen molar-refractivity contribution in [1.82, 2.24) is 19.0 Å². The highest BCUT2D eigenvalue weighted by Gasteiger charge is 2.36. The molecule has 0 saturated carbocycles. The first kappa shape index (κ1) is 24.0. The topological polar surface area (TPSA) is 78.8 Å². The first-order valence-electron chi connectivity index (χ1n) is 11.6. The number of carbonyl (C=O) groups excluding carboxylic acids is 1. The van der Waals surface area contributed by atoms with Gasteiger partial charge < -0.3 is 9.80 Å². The number of nitrogens with zero attached hydrogens (tertiary/aromatic N) is 5. The summed E-state index contributed by atoms with van der Waals surface area (Å²) in [6, 6.07) is 5.74. The molecule has 180 valence electrons. The summed E-state index contributed by atoms with van der Waals surface area (Å²) in [5.41, 5.74) is 2.30. The smallest absolute Gasteiger partial charge is 0.263 e. The summed E-state index contributed by atoms with van der Waals surface area (Å²) in [5, 5.41) is 4.86. The number of hydrogen-bond acceptors (Lipinski definition) is 5. The van der Waals surface area contributed by atoms with Gasteiger partial charge in [-0.05, 0) is 50.3 Å². The van der Waals surface area contributed by atoms with Gasteiger partial charge in [0.2, 0.25) is 5.03 Å². The summed E-state index contributed by atoms with van der Waals surface area (Å²) in [6.07, 6.45) is 3.60. The second-order valence-corrected chi connectivity index (χ2v) is 11.3. The largest absolute Gasteiger partial charge is 0.369 e. The summed E-state index contributed by atoms with van der Waals surface area (Å²) in [5.74, 6) is 0.167. The van der Waals surface area contributed by atoms with Crippen LogP contribution in [0.3, 0.4) is 0 Å². The number of aromatic nitrogens is 2. The molecule has 0 unspecified atom stereocenters. The number of piperazine rings is 1. The predicted molar refractivity (Wildman–Crippen MR) is 129 cm³/mol. The minimum Gasteiger partial charge on any atom is -0.369 e. The van der Waals surface area contributed by atoms with Gasteiger partial charge in [-0.1, -0.05) is 24.6 Å². The molecule has 2 fully saturated rings. The molecule has 0 bridgehead atoms. The lowest BCUT2D eigenvalue weighted by atomic mass is 10.00. The van der Waals surface area contributed by atoms with E-state index in [0.717, 1.165) is 24.1 Å². The third-order valence-corrected chi connectivity index (χ3v) is 8.63. The molecule has 0 spiro atoms. The molecule has 1 aromatic heterocycles. The number of halogens is 1. The average molecular weight is 494 g/mol. The van der Waals surface area contributed by atoms with E-state index in [1.807, 2.05) is 32.0 Å². The van der Waals surface area contributed by atoms with Gasteiger partial charge in [-0.2, -0.15) is 9.40 Å². The number of rotatable bonds is 5. The number of piperidine rings is 1. The fraction of sp³-hybridized carbons (Fsp3) is 0.565. The minimum atomic E-state index is -3.90. The number of hydrogen-bond donors (Lipinski definition) is 0. The first-order chi connectivity index (χ1) is 15.7. The van der Waals surface area contributed by atoms with Gasteiger partial charge in [0.1, 0.15) is 0 Å². The molecule has 4 rings (SSSR count). The monoisotopic (exact) mass is 493 g/mol. The van der Waals surface area contributed by atoms with Crippen molar-refractivity contribution < 1.29 is 13.2 Å². The summed E-state index contributed by atoms with van der Waals surface area (Å²) in [4.78, 5) is 17.2. The Labute approximate surface area is 201 Å². The molecule has 1 amide bonds. The molecule has 0 aliphatic carbocycles. The van der Waals surface area contributed by atoms with Gasteiger partial charge in [-0.3, -0.25) is 9.48 Å². The lowest BCUT2D eigenvalue weighted by Gasteiger charge is -2.36. The zero-order valence-corrected chi connectivity index (χ0v) is 21.1. The maximum atomic E-state index is 13.6. The summed E-state index contributed by atoms with van der Waals surface area (Å²) in [7, 11) is -3.90. The van der Waals surface area contributed by atoms with Crippen molar-refractivity contribution in [1.29, 1.82) is 0 Å². The minimum absolute atomic E-state index is 0.125. The highest BCUT2D eigenvalue weighted by molar-refractivity contribution is 7.89. The van der Waals surface area contributed by atoms with Crippen molar-refractivity contribution in [2.45, 2.75) is 45.2 Å². The van der Waals surface area contributed by atoms with Gasteiger partial charge in [0, 0.05) is 62.7 Å². The third-order valence-electron chi connectivity index (χ3n) is 6.56. The number of aryl methyl sites for hydroxylation is 2. The Kier molecular flexibility index (Phi) is 7.02. The van der Waals surface area contributed by atoms with Crippen molar-refractivity contribution >= 4 is 33.2 Å². The normalized spacial score (nSPS) is 20.3. The van der Waals surface area contributed by atoms with Gasteiger partial charge >= 0.3 is 0 Å². The van der Waals surface area contributed by atoms with Crippen molar-refractivity contribution in [3.8, 4) is 0 Å². The molecule has 2 aromatic rings. The second-order valence-electron chi connectivity index (χ2n) is 9.02. The van der Waals surface area contributed by atoms with Crippen LogP contribution in [0.1, 0.15) is 42.6 Å². The van der Waals surface area contributed by atoms with E-state index in [0.29, 0.717) is 56.8 Å². The second kappa shape index (κ2) is 9.64. The van der Waals surface area contributed by atoms with Crippen LogP contribution in [-0.4, -0.2) is 72.6 Å². The van der Waals surface area contributed by atoms with E-state index in [9.17, 15) is 13.2 Å². The Morgan fingerprint density at radius 3 is 2.58 bits per heavy atom. The molecule has 2 aliphatic rings. The van der Waals surface area contributed by atoms with Crippen molar-refractivity contribution in [2.24, 2.45) is 5.92 Å². The molecule has 2 saturated heterocycles. The fourth-order valence-electron chi connectivity index (χ4n) is 4.66. The van der Waals surface area contributed by atoms with Crippen LogP contribution in [0, 0.1) is 12.8 Å². The van der Waals surface area contributed by atoms with Crippen LogP contribution in [0.5, 0.6) is 0 Å². The number of carbonyl (C=O) groups is 1. The Morgan fingerprint density at radius 1 is 1.18 bits per heavy atom. The number of anilines is 1. The van der Waals surface area contributed by atoms with E-state index < -0.39 is 10.0 Å². The predicted octanol–water partition coefficient (Wildman–Crippen LogP) is 3.25. The van der Waals surface area contributed by atoms with Crippen LogP contribution in [0.4, 0.5) is 5.69 Å². The third kappa shape index (κ3) is 4.90. The maximum Gasteiger partial charge on any atom is 0.263 e. The molecule has 3 heterocycles. The number of amides is 1. The van der Waals surface area contributed by atoms with Crippen molar-refractivity contribution in [3.63, 3.8) is 0 Å². The van der Waals surface area contributed by atoms with Crippen LogP contribution in [0.25, 0.3) is 0 Å². The summed E-state index contributed by atoms with van der Waals surface area (Å²) in [6.45, 7) is 9.54. The maximum absolute atomic E-state index is 13.6. The Bertz CT molecular complexity index is 1130. The molecule has 2 aliphatic heterocycles. The highest BCUT2D eigenvalue weighted by Crippen LogP contribution is 2.28. The number of sulfonamides is 1. The van der Waals surface area contributed by atoms with Gasteiger partial charge in [-0.15, -0.1) is 0 Å². The lowest BCUT2D eigenvalue weighted by molar-refractivity contribution is 0.0679. The van der Waals surface area contributed by atoms with Crippen LogP contribution in [0.2, 0.25) is 5.02 Å². The Hall–Kier alpha value is -2.10. The molecule has 10 heteroatoms. The van der Waals surface area contributed by atoms with E-state index in [2.05, 4.69) is 16.9 Å². The van der Waals surface area contributed by atoms with Crippen LogP contribution in [-0.2, 0) is 16.6 Å². The van der Waals surface area contributed by atoms with E-state index in [-0.39, 0.29) is 16.5 Å². The molecule has 0 N–H and O–H groups in total. The van der Waals surface area contributed by atoms with Gasteiger partial charge in [0.15, 0.2) is 0 Å².